The summed E-state index contributed by atoms with van der Waals surface area (Å²) in [5.74, 6) is -0.192. The fourth-order valence-corrected chi connectivity index (χ4v) is 0.682. The number of aromatic nitrogens is 1. The van der Waals surface area contributed by atoms with E-state index in [0.717, 1.165) is 0 Å². The number of hydrogen-bond acceptors (Lipinski definition) is 3. The van der Waals surface area contributed by atoms with Crippen LogP contribution in [0.5, 0.6) is 5.75 Å². The van der Waals surface area contributed by atoms with Crippen molar-refractivity contribution in [1.29, 1.82) is 0 Å². The van der Waals surface area contributed by atoms with Crippen LogP contribution in [0.3, 0.4) is 0 Å². The second-order valence-corrected chi connectivity index (χ2v) is 2.11. The molecule has 52 valence electrons. The highest BCUT2D eigenvalue weighted by atomic mass is 35.5. The van der Waals surface area contributed by atoms with Crippen molar-refractivity contribution in [3.05, 3.63) is 23.0 Å². The number of halogens is 1. The Morgan fingerprint density at radius 2 is 2.40 bits per heavy atom. The van der Waals surface area contributed by atoms with E-state index in [0.29, 0.717) is 11.3 Å². The molecule has 0 saturated heterocycles. The van der Waals surface area contributed by atoms with Gasteiger partial charge in [-0.1, -0.05) is 11.6 Å². The molecule has 0 spiro atoms. The van der Waals surface area contributed by atoms with Crippen LogP contribution in [0.4, 0.5) is 0 Å². The molecule has 3 nitrogen and oxygen atoms in total. The van der Waals surface area contributed by atoms with E-state index in [-0.39, 0.29) is 11.4 Å². The molecule has 0 radical (unpaired) electrons. The summed E-state index contributed by atoms with van der Waals surface area (Å²) >= 11 is 5.44. The quantitative estimate of drug-likeness (QED) is 0.625. The highest BCUT2D eigenvalue weighted by Gasteiger charge is 1.99. The summed E-state index contributed by atoms with van der Waals surface area (Å²) in [6.07, 6.45) is 1.76. The largest absolute Gasteiger partial charge is 0.506 e. The Balaban J connectivity index is 3.19. The molecule has 0 aromatic carbocycles. The van der Waals surface area contributed by atoms with Gasteiger partial charge in [0.15, 0.2) is 6.29 Å². The highest BCUT2D eigenvalue weighted by molar-refractivity contribution is 6.30. The summed E-state index contributed by atoms with van der Waals surface area (Å²) in [4.78, 5) is 13.6. The molecule has 0 saturated carbocycles. The summed E-state index contributed by atoms with van der Waals surface area (Å²) in [5.41, 5.74) is 0.00407. The van der Waals surface area contributed by atoms with E-state index in [1.165, 1.54) is 12.3 Å². The van der Waals surface area contributed by atoms with Crippen molar-refractivity contribution in [2.45, 2.75) is 0 Å². The normalized spacial score (nSPS) is 9.30. The molecule has 0 aliphatic carbocycles. The van der Waals surface area contributed by atoms with Gasteiger partial charge in [-0.05, 0) is 0 Å². The fourth-order valence-electron chi connectivity index (χ4n) is 0.530. The molecule has 1 aromatic heterocycles. The van der Waals surface area contributed by atoms with Crippen LogP contribution in [0.1, 0.15) is 10.5 Å². The van der Waals surface area contributed by atoms with Gasteiger partial charge in [0.1, 0.15) is 11.4 Å². The predicted octanol–water partition coefficient (Wildman–Crippen LogP) is 1.25. The predicted molar refractivity (Wildman–Crippen MR) is 36.3 cm³/mol. The number of carbonyl (C=O) groups is 1. The SMILES string of the molecule is O=Cc1ncc(Cl)cc1O. The Kier molecular flexibility index (Phi) is 1.87. The summed E-state index contributed by atoms with van der Waals surface area (Å²) in [6, 6.07) is 1.26. The van der Waals surface area contributed by atoms with Gasteiger partial charge in [0, 0.05) is 12.3 Å². The van der Waals surface area contributed by atoms with Gasteiger partial charge in [0.05, 0.1) is 5.02 Å². The van der Waals surface area contributed by atoms with Crippen LogP contribution in [0.15, 0.2) is 12.3 Å². The van der Waals surface area contributed by atoms with Crippen LogP contribution in [-0.4, -0.2) is 16.4 Å². The van der Waals surface area contributed by atoms with E-state index in [1.54, 1.807) is 0 Å². The van der Waals surface area contributed by atoms with E-state index in [4.69, 9.17) is 16.7 Å². The maximum Gasteiger partial charge on any atom is 0.172 e. The highest BCUT2D eigenvalue weighted by Crippen LogP contribution is 2.16. The standard InChI is InChI=1S/C6H4ClNO2/c7-4-1-6(10)5(3-9)8-2-4/h1-3,10H. The third kappa shape index (κ3) is 1.25. The van der Waals surface area contributed by atoms with Gasteiger partial charge in [-0.2, -0.15) is 0 Å². The number of aldehydes is 1. The Hall–Kier alpha value is -1.09. The van der Waals surface area contributed by atoms with E-state index >= 15 is 0 Å². The van der Waals surface area contributed by atoms with Gasteiger partial charge in [-0.3, -0.25) is 4.79 Å². The molecule has 1 heterocycles. The average Bonchev–Trinajstić information content (AvgIpc) is 1.88. The fraction of sp³-hybridized carbons (Fsp3) is 0. The van der Waals surface area contributed by atoms with Gasteiger partial charge < -0.3 is 5.11 Å². The van der Waals surface area contributed by atoms with E-state index in [1.807, 2.05) is 0 Å². The average molecular weight is 158 g/mol. The Bertz CT molecular complexity index is 262. The summed E-state index contributed by atoms with van der Waals surface area (Å²) < 4.78 is 0. The Morgan fingerprint density at radius 1 is 1.70 bits per heavy atom. The molecule has 0 aliphatic rings. The van der Waals surface area contributed by atoms with E-state index in [2.05, 4.69) is 4.98 Å². The van der Waals surface area contributed by atoms with Crippen molar-refractivity contribution in [2.24, 2.45) is 0 Å². The van der Waals surface area contributed by atoms with Crippen molar-refractivity contribution < 1.29 is 9.90 Å². The first-order valence-electron chi connectivity index (χ1n) is 2.53. The molecule has 0 atom stereocenters. The first-order valence-corrected chi connectivity index (χ1v) is 2.91. The first kappa shape index (κ1) is 7.02. The first-order chi connectivity index (χ1) is 4.74. The topological polar surface area (TPSA) is 50.2 Å². The zero-order valence-electron chi connectivity index (χ0n) is 4.91. The molecule has 1 N–H and O–H groups in total. The molecule has 0 unspecified atom stereocenters. The second kappa shape index (κ2) is 2.66. The van der Waals surface area contributed by atoms with Gasteiger partial charge in [0.2, 0.25) is 0 Å². The summed E-state index contributed by atoms with van der Waals surface area (Å²) in [5, 5.41) is 9.22. The zero-order chi connectivity index (χ0) is 7.56. The lowest BCUT2D eigenvalue weighted by Crippen LogP contribution is -1.85. The number of aromatic hydroxyl groups is 1. The number of rotatable bonds is 1. The minimum Gasteiger partial charge on any atom is -0.506 e. The van der Waals surface area contributed by atoms with E-state index < -0.39 is 0 Å². The number of pyridine rings is 1. The lowest BCUT2D eigenvalue weighted by atomic mass is 10.3. The van der Waals surface area contributed by atoms with Crippen LogP contribution < -0.4 is 0 Å². The lowest BCUT2D eigenvalue weighted by Gasteiger charge is -1.93. The molecule has 1 rings (SSSR count). The molecule has 0 aliphatic heterocycles. The molecule has 4 heteroatoms. The van der Waals surface area contributed by atoms with Crippen LogP contribution in [0.25, 0.3) is 0 Å². The van der Waals surface area contributed by atoms with Crippen molar-refractivity contribution in [3.63, 3.8) is 0 Å². The third-order valence-electron chi connectivity index (χ3n) is 0.976. The Morgan fingerprint density at radius 3 is 2.90 bits per heavy atom. The van der Waals surface area contributed by atoms with Gasteiger partial charge in [-0.15, -0.1) is 0 Å². The minimum atomic E-state index is -0.192. The minimum absolute atomic E-state index is 0.00407. The molecule has 1 aromatic rings. The molecular weight excluding hydrogens is 154 g/mol. The van der Waals surface area contributed by atoms with Gasteiger partial charge in [-0.25, -0.2) is 4.98 Å². The van der Waals surface area contributed by atoms with Crippen LogP contribution in [-0.2, 0) is 0 Å². The number of carbonyl (C=O) groups excluding carboxylic acids is 1. The zero-order valence-corrected chi connectivity index (χ0v) is 5.67. The maximum absolute atomic E-state index is 10.1. The van der Waals surface area contributed by atoms with Crippen LogP contribution >= 0.6 is 11.6 Å². The number of nitrogens with zero attached hydrogens (tertiary/aromatic N) is 1. The molecule has 10 heavy (non-hydrogen) atoms. The van der Waals surface area contributed by atoms with Crippen molar-refractivity contribution in [2.75, 3.05) is 0 Å². The number of hydrogen-bond donors (Lipinski definition) is 1. The van der Waals surface area contributed by atoms with E-state index in [9.17, 15) is 4.79 Å². The molecule has 0 bridgehead atoms. The summed E-state index contributed by atoms with van der Waals surface area (Å²) in [6.45, 7) is 0. The monoisotopic (exact) mass is 157 g/mol. The van der Waals surface area contributed by atoms with Crippen LogP contribution in [0.2, 0.25) is 5.02 Å². The molecule has 0 amide bonds. The second-order valence-electron chi connectivity index (χ2n) is 1.68. The van der Waals surface area contributed by atoms with Gasteiger partial charge in [0.25, 0.3) is 0 Å². The van der Waals surface area contributed by atoms with Crippen molar-refractivity contribution in [1.82, 2.24) is 4.98 Å². The van der Waals surface area contributed by atoms with Crippen molar-refractivity contribution in [3.8, 4) is 5.75 Å². The molecule has 0 fully saturated rings. The maximum atomic E-state index is 10.1. The van der Waals surface area contributed by atoms with Crippen molar-refractivity contribution >= 4 is 17.9 Å². The smallest absolute Gasteiger partial charge is 0.172 e. The Labute approximate surface area is 62.3 Å². The third-order valence-corrected chi connectivity index (χ3v) is 1.18. The molecular formula is C6H4ClNO2. The lowest BCUT2D eigenvalue weighted by molar-refractivity contribution is 0.111. The summed E-state index contributed by atoms with van der Waals surface area (Å²) in [7, 11) is 0. The van der Waals surface area contributed by atoms with Gasteiger partial charge >= 0.3 is 0 Å². The van der Waals surface area contributed by atoms with Crippen LogP contribution in [0, 0.1) is 0 Å².